The van der Waals surface area contributed by atoms with E-state index in [1.165, 1.54) is 0 Å². The zero-order valence-corrected chi connectivity index (χ0v) is 15.0. The quantitative estimate of drug-likeness (QED) is 0.629. The summed E-state index contributed by atoms with van der Waals surface area (Å²) >= 11 is 0. The lowest BCUT2D eigenvalue weighted by Crippen LogP contribution is -2.15. The molecule has 0 aliphatic carbocycles. The van der Waals surface area contributed by atoms with E-state index in [9.17, 15) is 4.79 Å². The molecule has 3 aromatic rings. The molecule has 0 aliphatic heterocycles. The zero-order valence-electron chi connectivity index (χ0n) is 15.0. The van der Waals surface area contributed by atoms with E-state index in [1.54, 1.807) is 0 Å². The number of esters is 1. The van der Waals surface area contributed by atoms with Gasteiger partial charge in [-0.05, 0) is 31.9 Å². The third-order valence-electron chi connectivity index (χ3n) is 3.80. The van der Waals surface area contributed by atoms with Gasteiger partial charge in [-0.25, -0.2) is 4.79 Å². The van der Waals surface area contributed by atoms with Crippen LogP contribution in [0.2, 0.25) is 0 Å². The van der Waals surface area contributed by atoms with Crippen molar-refractivity contribution in [3.05, 3.63) is 65.0 Å². The summed E-state index contributed by atoms with van der Waals surface area (Å²) in [6, 6.07) is 13.5. The van der Waals surface area contributed by atoms with Gasteiger partial charge in [-0.3, -0.25) is 0 Å². The molecular formula is C20H20N2O4. The smallest absolute Gasteiger partial charge is 0.344 e. The summed E-state index contributed by atoms with van der Waals surface area (Å²) in [5.74, 6) is 0.902. The molecular weight excluding hydrogens is 332 g/mol. The van der Waals surface area contributed by atoms with Gasteiger partial charge in [-0.1, -0.05) is 53.2 Å². The first kappa shape index (κ1) is 17.7. The Bertz CT molecular complexity index is 880. The topological polar surface area (TPSA) is 74.5 Å². The lowest BCUT2D eigenvalue weighted by molar-refractivity contribution is -0.148. The fourth-order valence-corrected chi connectivity index (χ4v) is 2.73. The summed E-state index contributed by atoms with van der Waals surface area (Å²) in [7, 11) is 0. The van der Waals surface area contributed by atoms with Gasteiger partial charge in [0.15, 0.2) is 13.2 Å². The van der Waals surface area contributed by atoms with E-state index in [-0.39, 0.29) is 19.1 Å². The first-order valence-electron chi connectivity index (χ1n) is 8.27. The van der Waals surface area contributed by atoms with Gasteiger partial charge in [0.05, 0.1) is 0 Å². The van der Waals surface area contributed by atoms with Crippen molar-refractivity contribution >= 4 is 5.97 Å². The number of benzene rings is 2. The second-order valence-electron chi connectivity index (χ2n) is 6.05. The molecule has 6 nitrogen and oxygen atoms in total. The van der Waals surface area contributed by atoms with Crippen LogP contribution in [0.5, 0.6) is 5.75 Å². The molecule has 0 aliphatic rings. The van der Waals surface area contributed by atoms with Crippen molar-refractivity contribution < 1.29 is 18.8 Å². The van der Waals surface area contributed by atoms with Gasteiger partial charge >= 0.3 is 5.97 Å². The van der Waals surface area contributed by atoms with Crippen LogP contribution in [0.15, 0.2) is 47.0 Å². The molecule has 0 spiro atoms. The van der Waals surface area contributed by atoms with Crippen molar-refractivity contribution in [2.75, 3.05) is 6.61 Å². The van der Waals surface area contributed by atoms with Gasteiger partial charge < -0.3 is 14.0 Å². The van der Waals surface area contributed by atoms with Crippen LogP contribution in [0.25, 0.3) is 11.4 Å². The van der Waals surface area contributed by atoms with Gasteiger partial charge in [-0.2, -0.15) is 4.98 Å². The van der Waals surface area contributed by atoms with E-state index >= 15 is 0 Å². The number of aryl methyl sites for hydroxylation is 3. The summed E-state index contributed by atoms with van der Waals surface area (Å²) in [5.41, 5.74) is 3.96. The number of nitrogens with zero attached hydrogens (tertiary/aromatic N) is 2. The van der Waals surface area contributed by atoms with Crippen molar-refractivity contribution in [2.24, 2.45) is 0 Å². The van der Waals surface area contributed by atoms with Crippen LogP contribution >= 0.6 is 0 Å². The van der Waals surface area contributed by atoms with Crippen LogP contribution in [0.4, 0.5) is 0 Å². The maximum absolute atomic E-state index is 11.9. The third kappa shape index (κ3) is 4.27. The van der Waals surface area contributed by atoms with E-state index in [0.29, 0.717) is 11.6 Å². The van der Waals surface area contributed by atoms with Gasteiger partial charge in [0, 0.05) is 5.56 Å². The maximum atomic E-state index is 11.9. The Morgan fingerprint density at radius 2 is 1.77 bits per heavy atom. The van der Waals surface area contributed by atoms with Gasteiger partial charge in [0.1, 0.15) is 5.75 Å². The fraction of sp³-hybridized carbons (Fsp3) is 0.250. The van der Waals surface area contributed by atoms with E-state index < -0.39 is 5.97 Å². The highest BCUT2D eigenvalue weighted by Crippen LogP contribution is 2.24. The molecule has 0 radical (unpaired) electrons. The van der Waals surface area contributed by atoms with Crippen LogP contribution in [0.3, 0.4) is 0 Å². The third-order valence-corrected chi connectivity index (χ3v) is 3.80. The maximum Gasteiger partial charge on any atom is 0.344 e. The Balaban J connectivity index is 1.53. The van der Waals surface area contributed by atoms with E-state index in [1.807, 2.05) is 63.2 Å². The molecule has 0 N–H and O–H groups in total. The predicted molar refractivity (Wildman–Crippen MR) is 95.7 cm³/mol. The van der Waals surface area contributed by atoms with E-state index in [4.69, 9.17) is 14.0 Å². The molecule has 26 heavy (non-hydrogen) atoms. The first-order valence-corrected chi connectivity index (χ1v) is 8.27. The number of aromatic nitrogens is 2. The Labute approximate surface area is 151 Å². The number of hydrogen-bond acceptors (Lipinski definition) is 6. The summed E-state index contributed by atoms with van der Waals surface area (Å²) in [6.45, 7) is 5.65. The molecule has 0 amide bonds. The summed E-state index contributed by atoms with van der Waals surface area (Å²) < 4.78 is 15.9. The van der Waals surface area contributed by atoms with Gasteiger partial charge in [0.2, 0.25) is 5.82 Å². The molecule has 6 heteroatoms. The molecule has 0 bridgehead atoms. The minimum absolute atomic E-state index is 0.0894. The second-order valence-corrected chi connectivity index (χ2v) is 6.05. The minimum atomic E-state index is -0.496. The van der Waals surface area contributed by atoms with Gasteiger partial charge in [-0.15, -0.1) is 0 Å². The van der Waals surface area contributed by atoms with Crippen LogP contribution in [0.1, 0.15) is 22.6 Å². The Morgan fingerprint density at radius 3 is 2.46 bits per heavy atom. The van der Waals surface area contributed by atoms with Crippen molar-refractivity contribution in [3.63, 3.8) is 0 Å². The number of carbonyl (C=O) groups is 1. The molecule has 0 fully saturated rings. The lowest BCUT2D eigenvalue weighted by atomic mass is 10.1. The Morgan fingerprint density at radius 1 is 1.08 bits per heavy atom. The number of rotatable bonds is 6. The van der Waals surface area contributed by atoms with Crippen LogP contribution < -0.4 is 4.74 Å². The SMILES string of the molecule is Cc1cc(C)c(OCC(=O)OCc2nc(-c3ccccc3)no2)c(C)c1. The average Bonchev–Trinajstić information content (AvgIpc) is 3.09. The molecule has 134 valence electrons. The molecule has 1 heterocycles. The predicted octanol–water partition coefficient (Wildman–Crippen LogP) is 3.78. The van der Waals surface area contributed by atoms with E-state index in [0.717, 1.165) is 22.3 Å². The van der Waals surface area contributed by atoms with Crippen molar-refractivity contribution in [1.29, 1.82) is 0 Å². The van der Waals surface area contributed by atoms with E-state index in [2.05, 4.69) is 10.1 Å². The van der Waals surface area contributed by atoms with Crippen LogP contribution in [-0.4, -0.2) is 22.7 Å². The van der Waals surface area contributed by atoms with Crippen LogP contribution in [-0.2, 0) is 16.1 Å². The average molecular weight is 352 g/mol. The molecule has 3 rings (SSSR count). The zero-order chi connectivity index (χ0) is 18.5. The second kappa shape index (κ2) is 7.82. The summed E-state index contributed by atoms with van der Waals surface area (Å²) in [6.07, 6.45) is 0. The number of carbonyl (C=O) groups excluding carboxylic acids is 1. The van der Waals surface area contributed by atoms with Crippen molar-refractivity contribution in [3.8, 4) is 17.1 Å². The Hall–Kier alpha value is -3.15. The molecule has 0 saturated carbocycles. The summed E-state index contributed by atoms with van der Waals surface area (Å²) in [5, 5.41) is 3.88. The van der Waals surface area contributed by atoms with Gasteiger partial charge in [0.25, 0.3) is 5.89 Å². The molecule has 0 unspecified atom stereocenters. The van der Waals surface area contributed by atoms with Crippen molar-refractivity contribution in [1.82, 2.24) is 10.1 Å². The first-order chi connectivity index (χ1) is 12.5. The standard InChI is InChI=1S/C20H20N2O4/c1-13-9-14(2)19(15(3)10-13)25-12-18(23)24-11-17-21-20(22-26-17)16-7-5-4-6-8-16/h4-10H,11-12H2,1-3H3. The molecule has 0 saturated heterocycles. The number of ether oxygens (including phenoxy) is 2. The highest BCUT2D eigenvalue weighted by Gasteiger charge is 2.13. The molecule has 1 aromatic heterocycles. The highest BCUT2D eigenvalue weighted by atomic mass is 16.6. The Kier molecular flexibility index (Phi) is 5.31. The monoisotopic (exact) mass is 352 g/mol. The normalized spacial score (nSPS) is 10.6. The lowest BCUT2D eigenvalue weighted by Gasteiger charge is -2.12. The minimum Gasteiger partial charge on any atom is -0.481 e. The molecule has 2 aromatic carbocycles. The van der Waals surface area contributed by atoms with Crippen molar-refractivity contribution in [2.45, 2.75) is 27.4 Å². The largest absolute Gasteiger partial charge is 0.481 e. The number of hydrogen-bond donors (Lipinski definition) is 0. The highest BCUT2D eigenvalue weighted by molar-refractivity contribution is 5.71. The molecule has 0 atom stereocenters. The summed E-state index contributed by atoms with van der Waals surface area (Å²) in [4.78, 5) is 16.1. The fourth-order valence-electron chi connectivity index (χ4n) is 2.73. The van der Waals surface area contributed by atoms with Crippen LogP contribution in [0, 0.1) is 20.8 Å².